The summed E-state index contributed by atoms with van der Waals surface area (Å²) in [6, 6.07) is 3.78. The minimum atomic E-state index is -3.81. The molecule has 0 spiro atoms. The van der Waals surface area contributed by atoms with Crippen LogP contribution in [0.25, 0.3) is 0 Å². The highest BCUT2D eigenvalue weighted by atomic mass is 32.2. The molecule has 1 aromatic rings. The molecule has 1 atom stereocenters. The predicted octanol–water partition coefficient (Wildman–Crippen LogP) is 1.91. The quantitative estimate of drug-likeness (QED) is 0.560. The Morgan fingerprint density at radius 1 is 1.39 bits per heavy atom. The van der Waals surface area contributed by atoms with Gasteiger partial charge in [-0.15, -0.1) is 0 Å². The van der Waals surface area contributed by atoms with Crippen LogP contribution in [0.2, 0.25) is 0 Å². The molecular formula is C15H24N2O5S. The zero-order chi connectivity index (χ0) is 17.5. The molecule has 0 bridgehead atoms. The molecule has 0 unspecified atom stereocenters. The van der Waals surface area contributed by atoms with Crippen molar-refractivity contribution in [1.29, 1.82) is 0 Å². The van der Waals surface area contributed by atoms with Gasteiger partial charge >= 0.3 is 5.97 Å². The molecule has 0 saturated heterocycles. The maximum Gasteiger partial charge on any atom is 0.335 e. The molecule has 1 rings (SSSR count). The highest BCUT2D eigenvalue weighted by Gasteiger charge is 2.22. The Hall–Kier alpha value is -1.64. The van der Waals surface area contributed by atoms with Crippen molar-refractivity contribution in [3.05, 3.63) is 23.8 Å². The first-order valence-corrected chi connectivity index (χ1v) is 8.92. The second kappa shape index (κ2) is 8.85. The van der Waals surface area contributed by atoms with Gasteiger partial charge in [-0.25, -0.2) is 17.9 Å². The third kappa shape index (κ3) is 5.81. The molecule has 0 aromatic heterocycles. The van der Waals surface area contributed by atoms with E-state index >= 15 is 0 Å². The Kier molecular flexibility index (Phi) is 7.47. The standard InChI is InChI=1S/C15H24N2O5S/c1-4-11(2)17-23(20,21)14-10-12(15(18)19)6-7-13(14)16-8-5-9-22-3/h6-7,10-11,16-17H,4-5,8-9H2,1-3H3,(H,18,19)/t11-/m0/s1. The number of carbonyl (C=O) groups is 1. The fourth-order valence-electron chi connectivity index (χ4n) is 1.87. The van der Waals surface area contributed by atoms with Crippen molar-refractivity contribution >= 4 is 21.7 Å². The van der Waals surface area contributed by atoms with E-state index in [1.54, 1.807) is 14.0 Å². The summed E-state index contributed by atoms with van der Waals surface area (Å²) in [5.74, 6) is -1.17. The van der Waals surface area contributed by atoms with Crippen LogP contribution in [0.1, 0.15) is 37.0 Å². The molecule has 7 nitrogen and oxygen atoms in total. The highest BCUT2D eigenvalue weighted by Crippen LogP contribution is 2.23. The summed E-state index contributed by atoms with van der Waals surface area (Å²) in [5.41, 5.74) is 0.305. The van der Waals surface area contributed by atoms with Crippen LogP contribution in [0.4, 0.5) is 5.69 Å². The third-order valence-corrected chi connectivity index (χ3v) is 4.96. The summed E-state index contributed by atoms with van der Waals surface area (Å²) >= 11 is 0. The molecule has 0 radical (unpaired) electrons. The van der Waals surface area contributed by atoms with Crippen molar-refractivity contribution in [3.8, 4) is 0 Å². The molecule has 1 aromatic carbocycles. The van der Waals surface area contributed by atoms with Crippen molar-refractivity contribution < 1.29 is 23.1 Å². The number of benzene rings is 1. The number of aromatic carboxylic acids is 1. The predicted molar refractivity (Wildman–Crippen MR) is 88.5 cm³/mol. The molecule has 23 heavy (non-hydrogen) atoms. The van der Waals surface area contributed by atoms with Crippen LogP contribution in [-0.4, -0.2) is 45.8 Å². The number of hydrogen-bond donors (Lipinski definition) is 3. The lowest BCUT2D eigenvalue weighted by Gasteiger charge is -2.16. The summed E-state index contributed by atoms with van der Waals surface area (Å²) in [6.45, 7) is 4.69. The number of nitrogens with one attached hydrogen (secondary N) is 2. The molecule has 0 aliphatic carbocycles. The van der Waals surface area contributed by atoms with E-state index in [2.05, 4.69) is 10.0 Å². The van der Waals surface area contributed by atoms with E-state index in [0.29, 0.717) is 31.7 Å². The number of anilines is 1. The third-order valence-electron chi connectivity index (χ3n) is 3.33. The van der Waals surface area contributed by atoms with Gasteiger partial charge in [0.25, 0.3) is 0 Å². The Morgan fingerprint density at radius 3 is 2.65 bits per heavy atom. The molecule has 0 amide bonds. The fourth-order valence-corrected chi connectivity index (χ4v) is 3.41. The zero-order valence-corrected chi connectivity index (χ0v) is 14.4. The highest BCUT2D eigenvalue weighted by molar-refractivity contribution is 7.89. The fraction of sp³-hybridized carbons (Fsp3) is 0.533. The van der Waals surface area contributed by atoms with E-state index in [0.717, 1.165) is 0 Å². The SMILES string of the molecule is CC[C@H](C)NS(=O)(=O)c1cc(C(=O)O)ccc1NCCCOC. The minimum absolute atomic E-state index is 0.0601. The van der Waals surface area contributed by atoms with Gasteiger partial charge in [0, 0.05) is 26.3 Å². The van der Waals surface area contributed by atoms with Gasteiger partial charge in [-0.2, -0.15) is 0 Å². The Bertz CT molecular complexity index is 631. The van der Waals surface area contributed by atoms with Crippen LogP contribution in [0.5, 0.6) is 0 Å². The molecule has 8 heteroatoms. The van der Waals surface area contributed by atoms with E-state index < -0.39 is 16.0 Å². The molecule has 0 aliphatic rings. The van der Waals surface area contributed by atoms with Gasteiger partial charge in [0.05, 0.1) is 11.3 Å². The smallest absolute Gasteiger partial charge is 0.335 e. The summed E-state index contributed by atoms with van der Waals surface area (Å²) < 4.78 is 32.5. The zero-order valence-electron chi connectivity index (χ0n) is 13.6. The van der Waals surface area contributed by atoms with Gasteiger partial charge < -0.3 is 15.2 Å². The van der Waals surface area contributed by atoms with Crippen LogP contribution in [-0.2, 0) is 14.8 Å². The number of carboxylic acid groups (broad SMARTS) is 1. The Labute approximate surface area is 137 Å². The monoisotopic (exact) mass is 344 g/mol. The molecule has 0 fully saturated rings. The van der Waals surface area contributed by atoms with Crippen LogP contribution in [0, 0.1) is 0 Å². The lowest BCUT2D eigenvalue weighted by Crippen LogP contribution is -2.32. The van der Waals surface area contributed by atoms with Crippen LogP contribution < -0.4 is 10.0 Å². The maximum atomic E-state index is 12.5. The number of hydrogen-bond acceptors (Lipinski definition) is 5. The summed E-state index contributed by atoms with van der Waals surface area (Å²) in [4.78, 5) is 11.1. The van der Waals surface area contributed by atoms with Gasteiger partial charge in [0.2, 0.25) is 10.0 Å². The van der Waals surface area contributed by atoms with E-state index in [-0.39, 0.29) is 16.5 Å². The van der Waals surface area contributed by atoms with Crippen molar-refractivity contribution in [2.75, 3.05) is 25.6 Å². The lowest BCUT2D eigenvalue weighted by atomic mass is 10.2. The number of carboxylic acids is 1. The van der Waals surface area contributed by atoms with Crippen LogP contribution in [0.3, 0.4) is 0 Å². The largest absolute Gasteiger partial charge is 0.478 e. The van der Waals surface area contributed by atoms with E-state index in [9.17, 15) is 13.2 Å². The first kappa shape index (κ1) is 19.4. The first-order chi connectivity index (χ1) is 10.8. The van der Waals surface area contributed by atoms with Crippen molar-refractivity contribution in [2.24, 2.45) is 0 Å². The molecule has 130 valence electrons. The molecule has 0 aliphatic heterocycles. The topological polar surface area (TPSA) is 105 Å². The molecular weight excluding hydrogens is 320 g/mol. The molecule has 0 saturated carbocycles. The summed E-state index contributed by atoms with van der Waals surface area (Å²) in [6.07, 6.45) is 1.34. The number of sulfonamides is 1. The van der Waals surface area contributed by atoms with Crippen molar-refractivity contribution in [3.63, 3.8) is 0 Å². The van der Waals surface area contributed by atoms with Crippen molar-refractivity contribution in [1.82, 2.24) is 4.72 Å². The van der Waals surface area contributed by atoms with E-state index in [1.165, 1.54) is 18.2 Å². The summed E-state index contributed by atoms with van der Waals surface area (Å²) in [5, 5.41) is 12.1. The normalized spacial score (nSPS) is 12.8. The second-order valence-corrected chi connectivity index (χ2v) is 6.90. The second-order valence-electron chi connectivity index (χ2n) is 5.22. The van der Waals surface area contributed by atoms with Gasteiger partial charge in [0.15, 0.2) is 0 Å². The van der Waals surface area contributed by atoms with Crippen LogP contribution >= 0.6 is 0 Å². The van der Waals surface area contributed by atoms with Gasteiger partial charge in [-0.3, -0.25) is 0 Å². The van der Waals surface area contributed by atoms with Crippen molar-refractivity contribution in [2.45, 2.75) is 37.6 Å². The van der Waals surface area contributed by atoms with Gasteiger partial charge in [-0.05, 0) is 38.0 Å². The van der Waals surface area contributed by atoms with Gasteiger partial charge in [-0.1, -0.05) is 6.92 Å². The number of rotatable bonds is 10. The number of methoxy groups -OCH3 is 1. The summed E-state index contributed by atoms with van der Waals surface area (Å²) in [7, 11) is -2.22. The van der Waals surface area contributed by atoms with Crippen LogP contribution in [0.15, 0.2) is 23.1 Å². The van der Waals surface area contributed by atoms with E-state index in [1.807, 2.05) is 6.92 Å². The molecule has 3 N–H and O–H groups in total. The minimum Gasteiger partial charge on any atom is -0.478 e. The maximum absolute atomic E-state index is 12.5. The first-order valence-electron chi connectivity index (χ1n) is 7.44. The Morgan fingerprint density at radius 2 is 2.09 bits per heavy atom. The average Bonchev–Trinajstić information content (AvgIpc) is 2.50. The Balaban J connectivity index is 3.12. The van der Waals surface area contributed by atoms with E-state index in [4.69, 9.17) is 9.84 Å². The lowest BCUT2D eigenvalue weighted by molar-refractivity contribution is 0.0696. The van der Waals surface area contributed by atoms with Gasteiger partial charge in [0.1, 0.15) is 4.90 Å². The molecule has 0 heterocycles. The average molecular weight is 344 g/mol. The number of ether oxygens (including phenoxy) is 1.